The maximum atomic E-state index is 12.7. The predicted molar refractivity (Wildman–Crippen MR) is 59.1 cm³/mol. The summed E-state index contributed by atoms with van der Waals surface area (Å²) in [5.74, 6) is 2.32. The molecule has 0 spiro atoms. The number of terminal acetylenes is 1. The van der Waals surface area contributed by atoms with Gasteiger partial charge in [-0.25, -0.2) is 4.39 Å². The summed E-state index contributed by atoms with van der Waals surface area (Å²) in [4.78, 5) is 11.5. The number of rotatable bonds is 3. The van der Waals surface area contributed by atoms with Crippen molar-refractivity contribution in [2.45, 2.75) is 12.3 Å². The van der Waals surface area contributed by atoms with Gasteiger partial charge in [-0.15, -0.1) is 6.42 Å². The minimum atomic E-state index is -0.252. The van der Waals surface area contributed by atoms with Crippen LogP contribution in [-0.2, 0) is 4.79 Å². The number of carbonyl (C=O) groups excluding carboxylic acids is 1. The molecule has 82 valence electrons. The summed E-state index contributed by atoms with van der Waals surface area (Å²) in [5, 5.41) is 2.66. The molecule has 0 unspecified atom stereocenters. The summed E-state index contributed by atoms with van der Waals surface area (Å²) in [6.07, 6.45) is 5.87. The lowest BCUT2D eigenvalue weighted by Gasteiger charge is -2.01. The van der Waals surface area contributed by atoms with Gasteiger partial charge in [0.25, 0.3) is 0 Å². The SMILES string of the molecule is C#CCNC(=O)[C@@H]1C[C@H]1c1ccc(F)cc1. The molecule has 2 nitrogen and oxygen atoms in total. The van der Waals surface area contributed by atoms with Crippen LogP contribution in [0.25, 0.3) is 0 Å². The monoisotopic (exact) mass is 217 g/mol. The number of benzene rings is 1. The lowest BCUT2D eigenvalue weighted by Crippen LogP contribution is -2.25. The fourth-order valence-electron chi connectivity index (χ4n) is 1.83. The van der Waals surface area contributed by atoms with Crippen molar-refractivity contribution in [1.82, 2.24) is 5.32 Å². The molecule has 1 N–H and O–H groups in total. The first-order valence-electron chi connectivity index (χ1n) is 5.19. The number of halogens is 1. The minimum Gasteiger partial charge on any atom is -0.345 e. The van der Waals surface area contributed by atoms with E-state index in [1.165, 1.54) is 12.1 Å². The fraction of sp³-hybridized carbons (Fsp3) is 0.308. The van der Waals surface area contributed by atoms with E-state index in [4.69, 9.17) is 6.42 Å². The summed E-state index contributed by atoms with van der Waals surface area (Å²) in [7, 11) is 0. The maximum absolute atomic E-state index is 12.7. The fourth-order valence-corrected chi connectivity index (χ4v) is 1.83. The van der Waals surface area contributed by atoms with Crippen LogP contribution in [0.2, 0.25) is 0 Å². The van der Waals surface area contributed by atoms with Gasteiger partial charge in [0, 0.05) is 5.92 Å². The number of hydrogen-bond donors (Lipinski definition) is 1. The van der Waals surface area contributed by atoms with Gasteiger partial charge in [-0.3, -0.25) is 4.79 Å². The molecule has 0 saturated heterocycles. The Morgan fingerprint density at radius 3 is 2.81 bits per heavy atom. The van der Waals surface area contributed by atoms with E-state index in [1.54, 1.807) is 12.1 Å². The standard InChI is InChI=1S/C13H12FNO/c1-2-7-15-13(16)12-8-11(12)9-3-5-10(14)6-4-9/h1,3-6,11-12H,7-8H2,(H,15,16)/t11-,12+/m0/s1. The van der Waals surface area contributed by atoms with Gasteiger partial charge in [-0.2, -0.15) is 0 Å². The molecule has 1 aromatic carbocycles. The Labute approximate surface area is 93.9 Å². The number of hydrogen-bond acceptors (Lipinski definition) is 1. The van der Waals surface area contributed by atoms with Crippen molar-refractivity contribution in [3.63, 3.8) is 0 Å². The zero-order valence-electron chi connectivity index (χ0n) is 8.74. The molecule has 1 aliphatic carbocycles. The van der Waals surface area contributed by atoms with Crippen LogP contribution in [0.3, 0.4) is 0 Å². The molecule has 3 heteroatoms. The minimum absolute atomic E-state index is 0.00110. The van der Waals surface area contributed by atoms with Gasteiger partial charge >= 0.3 is 0 Å². The first kappa shape index (κ1) is 10.7. The number of amides is 1. The Bertz CT molecular complexity index is 432. The van der Waals surface area contributed by atoms with E-state index in [0.29, 0.717) is 0 Å². The van der Waals surface area contributed by atoms with Crippen LogP contribution >= 0.6 is 0 Å². The zero-order chi connectivity index (χ0) is 11.5. The average molecular weight is 217 g/mol. The van der Waals surface area contributed by atoms with Crippen LogP contribution in [0.15, 0.2) is 24.3 Å². The summed E-state index contributed by atoms with van der Waals surface area (Å²) >= 11 is 0. The second-order valence-electron chi connectivity index (χ2n) is 3.92. The van der Waals surface area contributed by atoms with E-state index in [0.717, 1.165) is 12.0 Å². The third kappa shape index (κ3) is 2.22. The highest BCUT2D eigenvalue weighted by Gasteiger charge is 2.43. The highest BCUT2D eigenvalue weighted by molar-refractivity contribution is 5.83. The smallest absolute Gasteiger partial charge is 0.224 e. The van der Waals surface area contributed by atoms with Crippen LogP contribution in [0.1, 0.15) is 17.9 Å². The number of nitrogens with one attached hydrogen (secondary N) is 1. The molecule has 1 aromatic rings. The second-order valence-corrected chi connectivity index (χ2v) is 3.92. The summed E-state index contributed by atoms with van der Waals surface area (Å²) in [5.41, 5.74) is 1.02. The molecule has 1 aliphatic rings. The Morgan fingerprint density at radius 2 is 2.19 bits per heavy atom. The molecule has 1 fully saturated rings. The van der Waals surface area contributed by atoms with E-state index in [1.807, 2.05) is 0 Å². The normalized spacial score (nSPS) is 22.2. The lowest BCUT2D eigenvalue weighted by atomic mass is 10.1. The van der Waals surface area contributed by atoms with Crippen LogP contribution in [0, 0.1) is 24.1 Å². The summed E-state index contributed by atoms with van der Waals surface area (Å²) in [6, 6.07) is 6.30. The molecule has 2 rings (SSSR count). The Morgan fingerprint density at radius 1 is 1.50 bits per heavy atom. The molecule has 2 atom stereocenters. The lowest BCUT2D eigenvalue weighted by molar-refractivity contribution is -0.122. The highest BCUT2D eigenvalue weighted by Crippen LogP contribution is 2.47. The van der Waals surface area contributed by atoms with Crippen molar-refractivity contribution in [3.05, 3.63) is 35.6 Å². The van der Waals surface area contributed by atoms with Gasteiger partial charge in [-0.1, -0.05) is 18.1 Å². The van der Waals surface area contributed by atoms with E-state index in [2.05, 4.69) is 11.2 Å². The topological polar surface area (TPSA) is 29.1 Å². The van der Waals surface area contributed by atoms with Gasteiger partial charge in [-0.05, 0) is 30.0 Å². The molecule has 0 heterocycles. The first-order valence-corrected chi connectivity index (χ1v) is 5.19. The molecule has 0 bridgehead atoms. The quantitative estimate of drug-likeness (QED) is 0.767. The molecular weight excluding hydrogens is 205 g/mol. The van der Waals surface area contributed by atoms with Crippen molar-refractivity contribution < 1.29 is 9.18 Å². The summed E-state index contributed by atoms with van der Waals surface area (Å²) in [6.45, 7) is 0.269. The van der Waals surface area contributed by atoms with Crippen molar-refractivity contribution in [1.29, 1.82) is 0 Å². The Balaban J connectivity index is 1.94. The van der Waals surface area contributed by atoms with E-state index in [-0.39, 0.29) is 30.1 Å². The van der Waals surface area contributed by atoms with Gasteiger partial charge in [0.15, 0.2) is 0 Å². The van der Waals surface area contributed by atoms with E-state index in [9.17, 15) is 9.18 Å². The van der Waals surface area contributed by atoms with Gasteiger partial charge in [0.2, 0.25) is 5.91 Å². The maximum Gasteiger partial charge on any atom is 0.224 e. The van der Waals surface area contributed by atoms with E-state index >= 15 is 0 Å². The molecule has 1 saturated carbocycles. The molecule has 1 amide bonds. The Kier molecular flexibility index (Phi) is 2.91. The third-order valence-corrected chi connectivity index (χ3v) is 2.79. The predicted octanol–water partition coefficient (Wildman–Crippen LogP) is 1.68. The van der Waals surface area contributed by atoms with Crippen LogP contribution < -0.4 is 5.32 Å². The largest absolute Gasteiger partial charge is 0.345 e. The third-order valence-electron chi connectivity index (χ3n) is 2.79. The molecule has 16 heavy (non-hydrogen) atoms. The van der Waals surface area contributed by atoms with Crippen LogP contribution in [0.5, 0.6) is 0 Å². The van der Waals surface area contributed by atoms with Crippen LogP contribution in [-0.4, -0.2) is 12.5 Å². The van der Waals surface area contributed by atoms with Crippen molar-refractivity contribution in [2.75, 3.05) is 6.54 Å². The second kappa shape index (κ2) is 4.36. The highest BCUT2D eigenvalue weighted by atomic mass is 19.1. The molecule has 0 radical (unpaired) electrons. The average Bonchev–Trinajstić information content (AvgIpc) is 3.07. The Hall–Kier alpha value is -1.82. The van der Waals surface area contributed by atoms with Crippen molar-refractivity contribution in [2.24, 2.45) is 5.92 Å². The molecule has 0 aromatic heterocycles. The van der Waals surface area contributed by atoms with Crippen molar-refractivity contribution >= 4 is 5.91 Å². The first-order chi connectivity index (χ1) is 7.72. The van der Waals surface area contributed by atoms with Crippen LogP contribution in [0.4, 0.5) is 4.39 Å². The molecular formula is C13H12FNO. The zero-order valence-corrected chi connectivity index (χ0v) is 8.74. The number of carbonyl (C=O) groups is 1. The molecule has 0 aliphatic heterocycles. The van der Waals surface area contributed by atoms with Crippen molar-refractivity contribution in [3.8, 4) is 12.3 Å². The summed E-state index contributed by atoms with van der Waals surface area (Å²) < 4.78 is 12.7. The van der Waals surface area contributed by atoms with Gasteiger partial charge in [0.05, 0.1) is 6.54 Å². The van der Waals surface area contributed by atoms with E-state index < -0.39 is 0 Å². The van der Waals surface area contributed by atoms with Gasteiger partial charge in [0.1, 0.15) is 5.82 Å². The van der Waals surface area contributed by atoms with Gasteiger partial charge < -0.3 is 5.32 Å².